The molecule has 1 unspecified atom stereocenters. The zero-order chi connectivity index (χ0) is 13.9. The number of carbonyl (C=O) groups is 1. The minimum Gasteiger partial charge on any atom is -0.484 e. The van der Waals surface area contributed by atoms with Crippen LogP contribution in [-0.2, 0) is 9.53 Å². The van der Waals surface area contributed by atoms with Crippen LogP contribution in [0.5, 0.6) is 5.75 Å². The van der Waals surface area contributed by atoms with E-state index in [4.69, 9.17) is 21.1 Å². The lowest BCUT2D eigenvalue weighted by molar-refractivity contribution is -0.124. The molecule has 3 rings (SSSR count). The third-order valence-electron chi connectivity index (χ3n) is 3.43. The van der Waals surface area contributed by atoms with Crippen molar-refractivity contribution < 1.29 is 14.3 Å². The summed E-state index contributed by atoms with van der Waals surface area (Å²) in [7, 11) is 0. The number of pyridine rings is 1. The number of aromatic nitrogens is 1. The van der Waals surface area contributed by atoms with Gasteiger partial charge in [-0.2, -0.15) is 0 Å². The molecule has 1 fully saturated rings. The molecule has 0 saturated carbocycles. The Morgan fingerprint density at radius 2 is 2.35 bits per heavy atom. The predicted octanol–water partition coefficient (Wildman–Crippen LogP) is 2.87. The minimum atomic E-state index is -0.0403. The third kappa shape index (κ3) is 2.62. The van der Waals surface area contributed by atoms with Crippen molar-refractivity contribution in [1.29, 1.82) is 0 Å². The Balaban J connectivity index is 1.77. The molecular formula is C15H14ClNO3. The number of nitrogens with zero attached hydrogens (tertiary/aromatic N) is 1. The van der Waals surface area contributed by atoms with E-state index in [0.717, 1.165) is 11.8 Å². The van der Waals surface area contributed by atoms with Crippen LogP contribution in [0.4, 0.5) is 0 Å². The number of carbonyl (C=O) groups excluding carboxylic acids is 1. The second-order valence-electron chi connectivity index (χ2n) is 4.76. The smallest absolute Gasteiger partial charge is 0.175 e. The summed E-state index contributed by atoms with van der Waals surface area (Å²) in [5.74, 6) is 0.611. The van der Waals surface area contributed by atoms with Crippen molar-refractivity contribution in [2.24, 2.45) is 5.92 Å². The Kier molecular flexibility index (Phi) is 3.85. The molecule has 0 radical (unpaired) electrons. The van der Waals surface area contributed by atoms with Gasteiger partial charge in [-0.1, -0.05) is 11.6 Å². The van der Waals surface area contributed by atoms with Gasteiger partial charge in [0.05, 0.1) is 11.6 Å². The average Bonchev–Trinajstić information content (AvgIpc) is 3.01. The summed E-state index contributed by atoms with van der Waals surface area (Å²) >= 11 is 6.12. The number of fused-ring (bicyclic) bond motifs is 1. The Morgan fingerprint density at radius 1 is 1.45 bits per heavy atom. The summed E-state index contributed by atoms with van der Waals surface area (Å²) in [6.45, 7) is 1.20. The lowest BCUT2D eigenvalue weighted by Gasteiger charge is -2.11. The first-order valence-electron chi connectivity index (χ1n) is 6.52. The van der Waals surface area contributed by atoms with E-state index < -0.39 is 0 Å². The fraction of sp³-hybridized carbons (Fsp3) is 0.333. The van der Waals surface area contributed by atoms with Crippen molar-refractivity contribution in [3.05, 3.63) is 35.5 Å². The van der Waals surface area contributed by atoms with Crippen molar-refractivity contribution in [1.82, 2.24) is 4.98 Å². The molecular weight excluding hydrogens is 278 g/mol. The maximum absolute atomic E-state index is 12.0. The first-order chi connectivity index (χ1) is 9.75. The summed E-state index contributed by atoms with van der Waals surface area (Å²) in [4.78, 5) is 16.2. The van der Waals surface area contributed by atoms with Gasteiger partial charge in [-0.05, 0) is 30.7 Å². The van der Waals surface area contributed by atoms with Crippen LogP contribution < -0.4 is 4.74 Å². The molecule has 0 amide bonds. The summed E-state index contributed by atoms with van der Waals surface area (Å²) in [6.07, 6.45) is 2.46. The Labute approximate surface area is 121 Å². The number of rotatable bonds is 4. The Morgan fingerprint density at radius 3 is 3.15 bits per heavy atom. The molecule has 0 aliphatic carbocycles. The monoisotopic (exact) mass is 291 g/mol. The molecule has 0 N–H and O–H groups in total. The number of hydrogen-bond donors (Lipinski definition) is 0. The molecule has 20 heavy (non-hydrogen) atoms. The summed E-state index contributed by atoms with van der Waals surface area (Å²) in [5, 5.41) is 1.44. The van der Waals surface area contributed by atoms with Crippen molar-refractivity contribution in [3.63, 3.8) is 0 Å². The quantitative estimate of drug-likeness (QED) is 0.869. The molecule has 1 aromatic heterocycles. The van der Waals surface area contributed by atoms with Crippen molar-refractivity contribution in [2.75, 3.05) is 19.8 Å². The lowest BCUT2D eigenvalue weighted by Crippen LogP contribution is -2.21. The Hall–Kier alpha value is -1.65. The maximum Gasteiger partial charge on any atom is 0.175 e. The average molecular weight is 292 g/mol. The molecule has 1 aromatic carbocycles. The van der Waals surface area contributed by atoms with Gasteiger partial charge in [0.15, 0.2) is 5.78 Å². The van der Waals surface area contributed by atoms with E-state index in [9.17, 15) is 4.79 Å². The highest BCUT2D eigenvalue weighted by molar-refractivity contribution is 6.35. The molecule has 0 bridgehead atoms. The molecule has 1 aliphatic heterocycles. The molecule has 104 valence electrons. The van der Waals surface area contributed by atoms with Crippen LogP contribution in [-0.4, -0.2) is 30.6 Å². The second-order valence-corrected chi connectivity index (χ2v) is 5.17. The first-order valence-corrected chi connectivity index (χ1v) is 6.90. The van der Waals surface area contributed by atoms with E-state index in [1.807, 2.05) is 12.1 Å². The van der Waals surface area contributed by atoms with E-state index in [-0.39, 0.29) is 18.3 Å². The standard InChI is InChI=1S/C15H14ClNO3/c16-12-3-4-14(15-11(12)2-1-6-17-15)20-9-13(18)10-5-7-19-8-10/h1-4,6,10H,5,7-9H2. The second kappa shape index (κ2) is 5.77. The van der Waals surface area contributed by atoms with Gasteiger partial charge >= 0.3 is 0 Å². The van der Waals surface area contributed by atoms with E-state index in [1.165, 1.54) is 0 Å². The van der Waals surface area contributed by atoms with Crippen LogP contribution in [0, 0.1) is 5.92 Å². The van der Waals surface area contributed by atoms with Gasteiger partial charge in [0.25, 0.3) is 0 Å². The van der Waals surface area contributed by atoms with Gasteiger partial charge in [-0.3, -0.25) is 9.78 Å². The summed E-state index contributed by atoms with van der Waals surface area (Å²) < 4.78 is 10.8. The van der Waals surface area contributed by atoms with Gasteiger partial charge in [-0.25, -0.2) is 0 Å². The normalized spacial score (nSPS) is 18.4. The van der Waals surface area contributed by atoms with E-state index >= 15 is 0 Å². The largest absolute Gasteiger partial charge is 0.484 e. The summed E-state index contributed by atoms with van der Waals surface area (Å²) in [6, 6.07) is 7.20. The Bertz CT molecular complexity index is 638. The fourth-order valence-corrected chi connectivity index (χ4v) is 2.50. The number of ketones is 1. The first kappa shape index (κ1) is 13.3. The number of benzene rings is 1. The molecule has 2 aromatic rings. The van der Waals surface area contributed by atoms with Crippen LogP contribution in [0.3, 0.4) is 0 Å². The highest BCUT2D eigenvalue weighted by Crippen LogP contribution is 2.29. The van der Waals surface area contributed by atoms with Gasteiger partial charge in [0.1, 0.15) is 17.9 Å². The number of ether oxygens (including phenoxy) is 2. The van der Waals surface area contributed by atoms with Crippen molar-refractivity contribution in [3.8, 4) is 5.75 Å². The molecule has 2 heterocycles. The SMILES string of the molecule is O=C(COc1ccc(Cl)c2cccnc12)C1CCOC1. The van der Waals surface area contributed by atoms with E-state index in [1.54, 1.807) is 18.3 Å². The fourth-order valence-electron chi connectivity index (χ4n) is 2.28. The molecule has 1 atom stereocenters. The van der Waals surface area contributed by atoms with Crippen LogP contribution in [0.25, 0.3) is 10.9 Å². The van der Waals surface area contributed by atoms with E-state index in [2.05, 4.69) is 4.98 Å². The maximum atomic E-state index is 12.0. The molecule has 1 saturated heterocycles. The van der Waals surface area contributed by atoms with Crippen molar-refractivity contribution in [2.45, 2.75) is 6.42 Å². The number of Topliss-reactive ketones (excluding diaryl/α,β-unsaturated/α-hetero) is 1. The van der Waals surface area contributed by atoms with E-state index in [0.29, 0.717) is 29.5 Å². The van der Waals surface area contributed by atoms with Gasteiger partial charge < -0.3 is 9.47 Å². The minimum absolute atomic E-state index is 0.0403. The molecule has 4 nitrogen and oxygen atoms in total. The number of halogens is 1. The van der Waals surface area contributed by atoms with Crippen LogP contribution in [0.1, 0.15) is 6.42 Å². The lowest BCUT2D eigenvalue weighted by atomic mass is 10.0. The van der Waals surface area contributed by atoms with Crippen LogP contribution in [0.15, 0.2) is 30.5 Å². The molecule has 1 aliphatic rings. The van der Waals surface area contributed by atoms with Crippen LogP contribution >= 0.6 is 11.6 Å². The van der Waals surface area contributed by atoms with Crippen LogP contribution in [0.2, 0.25) is 5.02 Å². The molecule has 0 spiro atoms. The van der Waals surface area contributed by atoms with Gasteiger partial charge in [0.2, 0.25) is 0 Å². The number of hydrogen-bond acceptors (Lipinski definition) is 4. The zero-order valence-corrected chi connectivity index (χ0v) is 11.6. The summed E-state index contributed by atoms with van der Waals surface area (Å²) in [5.41, 5.74) is 0.676. The molecule has 5 heteroatoms. The highest BCUT2D eigenvalue weighted by Gasteiger charge is 2.23. The predicted molar refractivity (Wildman–Crippen MR) is 76.2 cm³/mol. The highest BCUT2D eigenvalue weighted by atomic mass is 35.5. The van der Waals surface area contributed by atoms with Crippen molar-refractivity contribution >= 4 is 28.3 Å². The third-order valence-corrected chi connectivity index (χ3v) is 3.76. The van der Waals surface area contributed by atoms with Gasteiger partial charge in [-0.15, -0.1) is 0 Å². The topological polar surface area (TPSA) is 48.4 Å². The zero-order valence-electron chi connectivity index (χ0n) is 10.8. The van der Waals surface area contributed by atoms with Gasteiger partial charge in [0, 0.05) is 24.1 Å².